The Kier molecular flexibility index (Phi) is 5.04. The number of alkyl halides is 1. The number of amides is 1. The predicted octanol–water partition coefficient (Wildman–Crippen LogP) is 4.97. The Balaban J connectivity index is 1.99. The molecule has 1 N–H and O–H groups in total. The fourth-order valence-corrected chi connectivity index (χ4v) is 4.28. The highest BCUT2D eigenvalue weighted by Crippen LogP contribution is 2.27. The van der Waals surface area contributed by atoms with E-state index < -0.39 is 0 Å². The first-order valence-corrected chi connectivity index (χ1v) is 8.59. The van der Waals surface area contributed by atoms with Crippen molar-refractivity contribution in [1.29, 1.82) is 0 Å². The highest BCUT2D eigenvalue weighted by Gasteiger charge is 2.18. The molecule has 114 valence electrons. The molecule has 0 spiro atoms. The van der Waals surface area contributed by atoms with Gasteiger partial charge in [0.1, 0.15) is 5.82 Å². The molecule has 0 aliphatic rings. The molecule has 1 atom stereocenters. The number of fused-ring (bicyclic) bond motifs is 1. The second-order valence-electron chi connectivity index (χ2n) is 6.36. The summed E-state index contributed by atoms with van der Waals surface area (Å²) in [6, 6.07) is 6.38. The maximum Gasteiger partial charge on any atom is 0.261 e. The smallest absolute Gasteiger partial charge is 0.261 e. The van der Waals surface area contributed by atoms with Crippen LogP contribution in [-0.4, -0.2) is 17.3 Å². The van der Waals surface area contributed by atoms with Gasteiger partial charge < -0.3 is 5.32 Å². The zero-order chi connectivity index (χ0) is 15.6. The quantitative estimate of drug-likeness (QED) is 0.755. The number of carbonyl (C=O) groups is 1. The Bertz CT molecular complexity index is 647. The van der Waals surface area contributed by atoms with Gasteiger partial charge in [0.2, 0.25) is 0 Å². The summed E-state index contributed by atoms with van der Waals surface area (Å²) in [4.78, 5) is 13.0. The van der Waals surface area contributed by atoms with Crippen LogP contribution in [0.5, 0.6) is 0 Å². The van der Waals surface area contributed by atoms with Crippen LogP contribution >= 0.6 is 27.3 Å². The van der Waals surface area contributed by atoms with Crippen molar-refractivity contribution < 1.29 is 9.18 Å². The van der Waals surface area contributed by atoms with Gasteiger partial charge in [0.05, 0.1) is 4.88 Å². The first-order chi connectivity index (χ1) is 9.74. The minimum atomic E-state index is -0.276. The van der Waals surface area contributed by atoms with E-state index in [4.69, 9.17) is 0 Å². The third-order valence-corrected chi connectivity index (χ3v) is 4.77. The highest BCUT2D eigenvalue weighted by atomic mass is 79.9. The van der Waals surface area contributed by atoms with Crippen LogP contribution in [0.3, 0.4) is 0 Å². The fraction of sp³-hybridized carbons (Fsp3) is 0.438. The van der Waals surface area contributed by atoms with Crippen molar-refractivity contribution in [2.24, 2.45) is 5.41 Å². The van der Waals surface area contributed by atoms with E-state index in [1.165, 1.54) is 23.5 Å². The van der Waals surface area contributed by atoms with Gasteiger partial charge in [0.15, 0.2) is 0 Å². The van der Waals surface area contributed by atoms with Crippen molar-refractivity contribution in [3.05, 3.63) is 35.0 Å². The Morgan fingerprint density at radius 1 is 1.38 bits per heavy atom. The summed E-state index contributed by atoms with van der Waals surface area (Å²) < 4.78 is 14.0. The van der Waals surface area contributed by atoms with E-state index in [1.807, 2.05) is 6.07 Å². The lowest BCUT2D eigenvalue weighted by Crippen LogP contribution is -2.30. The van der Waals surface area contributed by atoms with Crippen LogP contribution in [-0.2, 0) is 0 Å². The van der Waals surface area contributed by atoms with Gasteiger partial charge in [-0.2, -0.15) is 0 Å². The van der Waals surface area contributed by atoms with Gasteiger partial charge in [-0.25, -0.2) is 4.39 Å². The molecule has 21 heavy (non-hydrogen) atoms. The second kappa shape index (κ2) is 6.44. The summed E-state index contributed by atoms with van der Waals surface area (Å²) in [6.07, 6.45) is 0.977. The van der Waals surface area contributed by atoms with E-state index in [9.17, 15) is 9.18 Å². The number of hydrogen-bond acceptors (Lipinski definition) is 2. The van der Waals surface area contributed by atoms with E-state index in [2.05, 4.69) is 42.0 Å². The average molecular weight is 372 g/mol. The molecule has 1 heterocycles. The lowest BCUT2D eigenvalue weighted by Gasteiger charge is -2.22. The van der Waals surface area contributed by atoms with Crippen LogP contribution < -0.4 is 5.32 Å². The number of halogens is 2. The largest absolute Gasteiger partial charge is 0.350 e. The monoisotopic (exact) mass is 371 g/mol. The molecule has 0 saturated heterocycles. The molecule has 0 aliphatic carbocycles. The van der Waals surface area contributed by atoms with E-state index in [0.29, 0.717) is 11.4 Å². The van der Waals surface area contributed by atoms with Crippen molar-refractivity contribution >= 4 is 43.3 Å². The molecule has 0 bridgehead atoms. The van der Waals surface area contributed by atoms with Crippen molar-refractivity contribution in [3.8, 4) is 0 Å². The van der Waals surface area contributed by atoms with Crippen LogP contribution in [0, 0.1) is 11.2 Å². The van der Waals surface area contributed by atoms with Crippen molar-refractivity contribution in [2.75, 3.05) is 6.54 Å². The molecule has 0 aliphatic heterocycles. The fourth-order valence-electron chi connectivity index (χ4n) is 2.14. The highest BCUT2D eigenvalue weighted by molar-refractivity contribution is 9.09. The second-order valence-corrected chi connectivity index (χ2v) is 8.74. The standard InChI is InChI=1S/C16H19BrFNOS/c1-16(2,3)8-11(17)9-19-15(20)14-6-10-4-5-12(18)7-13(10)21-14/h4-7,11H,8-9H2,1-3H3,(H,19,20). The molecule has 2 aromatic rings. The number of benzene rings is 1. The summed E-state index contributed by atoms with van der Waals surface area (Å²) >= 11 is 4.92. The van der Waals surface area contributed by atoms with Gasteiger partial charge in [-0.1, -0.05) is 42.8 Å². The first kappa shape index (κ1) is 16.4. The van der Waals surface area contributed by atoms with Crippen LogP contribution in [0.15, 0.2) is 24.3 Å². The van der Waals surface area contributed by atoms with E-state index in [0.717, 1.165) is 16.5 Å². The minimum absolute atomic E-state index is 0.102. The topological polar surface area (TPSA) is 29.1 Å². The van der Waals surface area contributed by atoms with E-state index >= 15 is 0 Å². The summed E-state index contributed by atoms with van der Waals surface area (Å²) in [5.41, 5.74) is 0.216. The van der Waals surface area contributed by atoms with E-state index in [1.54, 1.807) is 6.07 Å². The third-order valence-electron chi connectivity index (χ3n) is 3.02. The molecule has 5 heteroatoms. The summed E-state index contributed by atoms with van der Waals surface area (Å²) in [5.74, 6) is -0.378. The summed E-state index contributed by atoms with van der Waals surface area (Å²) in [6.45, 7) is 7.09. The van der Waals surface area contributed by atoms with E-state index in [-0.39, 0.29) is 22.0 Å². The third kappa shape index (κ3) is 4.78. The molecule has 1 unspecified atom stereocenters. The van der Waals surface area contributed by atoms with Gasteiger partial charge in [-0.15, -0.1) is 11.3 Å². The predicted molar refractivity (Wildman–Crippen MR) is 90.9 cm³/mol. The maximum absolute atomic E-state index is 13.2. The number of thiophene rings is 1. The van der Waals surface area contributed by atoms with Gasteiger partial charge in [-0.3, -0.25) is 4.79 Å². The average Bonchev–Trinajstić information content (AvgIpc) is 2.76. The molecule has 2 nitrogen and oxygen atoms in total. The van der Waals surface area contributed by atoms with Gasteiger partial charge in [0, 0.05) is 16.1 Å². The first-order valence-electron chi connectivity index (χ1n) is 6.86. The summed E-state index contributed by atoms with van der Waals surface area (Å²) in [5, 5.41) is 3.83. The zero-order valence-corrected chi connectivity index (χ0v) is 14.8. The number of nitrogens with one attached hydrogen (secondary N) is 1. The Labute approximate surface area is 136 Å². The van der Waals surface area contributed by atoms with Crippen LogP contribution in [0.25, 0.3) is 10.1 Å². The number of hydrogen-bond donors (Lipinski definition) is 1. The van der Waals surface area contributed by atoms with Crippen molar-refractivity contribution in [3.63, 3.8) is 0 Å². The molecular formula is C16H19BrFNOS. The Hall–Kier alpha value is -0.940. The van der Waals surface area contributed by atoms with Crippen LogP contribution in [0.1, 0.15) is 36.9 Å². The van der Waals surface area contributed by atoms with Crippen molar-refractivity contribution in [2.45, 2.75) is 32.0 Å². The lowest BCUT2D eigenvalue weighted by molar-refractivity contribution is 0.0956. The SMILES string of the molecule is CC(C)(C)CC(Br)CNC(=O)c1cc2ccc(F)cc2s1. The molecule has 1 aromatic heterocycles. The molecule has 0 fully saturated rings. The number of carbonyl (C=O) groups excluding carboxylic acids is 1. The Morgan fingerprint density at radius 3 is 2.76 bits per heavy atom. The molecule has 0 radical (unpaired) electrons. The van der Waals surface area contributed by atoms with Crippen LogP contribution in [0.2, 0.25) is 0 Å². The molecule has 1 aromatic carbocycles. The Morgan fingerprint density at radius 2 is 2.10 bits per heavy atom. The number of rotatable bonds is 4. The minimum Gasteiger partial charge on any atom is -0.350 e. The molecular weight excluding hydrogens is 353 g/mol. The molecule has 1 amide bonds. The normalized spacial score (nSPS) is 13.4. The zero-order valence-electron chi connectivity index (χ0n) is 12.4. The van der Waals surface area contributed by atoms with Gasteiger partial charge in [-0.05, 0) is 35.4 Å². The summed E-state index contributed by atoms with van der Waals surface area (Å²) in [7, 11) is 0. The maximum atomic E-state index is 13.2. The molecule has 2 rings (SSSR count). The van der Waals surface area contributed by atoms with Gasteiger partial charge >= 0.3 is 0 Å². The van der Waals surface area contributed by atoms with Crippen molar-refractivity contribution in [1.82, 2.24) is 5.32 Å². The van der Waals surface area contributed by atoms with Gasteiger partial charge in [0.25, 0.3) is 5.91 Å². The molecule has 0 saturated carbocycles. The van der Waals surface area contributed by atoms with Crippen LogP contribution in [0.4, 0.5) is 4.39 Å². The lowest BCUT2D eigenvalue weighted by atomic mass is 9.90.